The van der Waals surface area contributed by atoms with Crippen molar-refractivity contribution in [2.45, 2.75) is 39.0 Å². The van der Waals surface area contributed by atoms with Crippen LogP contribution in [0, 0.1) is 5.41 Å². The van der Waals surface area contributed by atoms with Gasteiger partial charge >= 0.3 is 0 Å². The molecule has 2 aromatic rings. The van der Waals surface area contributed by atoms with Crippen molar-refractivity contribution in [3.05, 3.63) is 35.0 Å². The Morgan fingerprint density at radius 2 is 2.20 bits per heavy atom. The first-order valence-corrected chi connectivity index (χ1v) is 7.38. The predicted octanol–water partition coefficient (Wildman–Crippen LogP) is 4.87. The molecule has 0 aliphatic heterocycles. The summed E-state index contributed by atoms with van der Waals surface area (Å²) < 4.78 is 5.28. The lowest BCUT2D eigenvalue weighted by Crippen LogP contribution is -2.16. The van der Waals surface area contributed by atoms with Gasteiger partial charge in [-0.25, -0.2) is 0 Å². The normalized spacial score (nSPS) is 21.2. The van der Waals surface area contributed by atoms with Crippen LogP contribution in [0.15, 0.2) is 28.8 Å². The summed E-state index contributed by atoms with van der Waals surface area (Å²) in [7, 11) is 0. The lowest BCUT2D eigenvalue weighted by atomic mass is 9.78. The fourth-order valence-corrected chi connectivity index (χ4v) is 3.51. The summed E-state index contributed by atoms with van der Waals surface area (Å²) in [6.07, 6.45) is 3.56. The van der Waals surface area contributed by atoms with E-state index >= 15 is 0 Å². The SMILES string of the molecule is CC1(C)CCCC1c1noc(N)c1-c1cccc(Cl)c1. The Balaban J connectivity index is 2.11. The van der Waals surface area contributed by atoms with Gasteiger partial charge in [0.2, 0.25) is 5.88 Å². The zero-order valence-electron chi connectivity index (χ0n) is 11.8. The largest absolute Gasteiger partial charge is 0.367 e. The third-order valence-electron chi connectivity index (χ3n) is 4.45. The number of anilines is 1. The lowest BCUT2D eigenvalue weighted by Gasteiger charge is -2.25. The Morgan fingerprint density at radius 1 is 1.40 bits per heavy atom. The van der Waals surface area contributed by atoms with Crippen LogP contribution in [0.3, 0.4) is 0 Å². The zero-order valence-corrected chi connectivity index (χ0v) is 12.6. The van der Waals surface area contributed by atoms with Crippen LogP contribution in [0.5, 0.6) is 0 Å². The Kier molecular flexibility index (Phi) is 3.25. The van der Waals surface area contributed by atoms with Crippen LogP contribution in [0.25, 0.3) is 11.1 Å². The molecule has 1 fully saturated rings. The van der Waals surface area contributed by atoms with Gasteiger partial charge in [-0.3, -0.25) is 0 Å². The molecule has 1 atom stereocenters. The molecule has 0 radical (unpaired) electrons. The van der Waals surface area contributed by atoms with Crippen molar-refractivity contribution in [2.24, 2.45) is 5.41 Å². The highest BCUT2D eigenvalue weighted by Gasteiger charge is 2.39. The molecule has 3 rings (SSSR count). The summed E-state index contributed by atoms with van der Waals surface area (Å²) in [6, 6.07) is 7.69. The second kappa shape index (κ2) is 4.81. The molecule has 0 bridgehead atoms. The third-order valence-corrected chi connectivity index (χ3v) is 4.68. The van der Waals surface area contributed by atoms with E-state index in [1.54, 1.807) is 0 Å². The monoisotopic (exact) mass is 290 g/mol. The second-order valence-corrected chi connectivity index (χ2v) is 6.69. The summed E-state index contributed by atoms with van der Waals surface area (Å²) >= 11 is 6.09. The smallest absolute Gasteiger partial charge is 0.230 e. The predicted molar refractivity (Wildman–Crippen MR) is 81.7 cm³/mol. The van der Waals surface area contributed by atoms with Gasteiger partial charge in [-0.1, -0.05) is 49.2 Å². The van der Waals surface area contributed by atoms with Crippen molar-refractivity contribution in [1.82, 2.24) is 5.16 Å². The molecule has 3 nitrogen and oxygen atoms in total. The first-order chi connectivity index (χ1) is 9.49. The van der Waals surface area contributed by atoms with Gasteiger partial charge < -0.3 is 10.3 Å². The molecule has 1 aliphatic rings. The molecule has 0 spiro atoms. The molecular weight excluding hydrogens is 272 g/mol. The number of rotatable bonds is 2. The lowest BCUT2D eigenvalue weighted by molar-refractivity contribution is 0.314. The van der Waals surface area contributed by atoms with Crippen molar-refractivity contribution in [2.75, 3.05) is 5.73 Å². The van der Waals surface area contributed by atoms with E-state index in [4.69, 9.17) is 21.9 Å². The number of benzene rings is 1. The van der Waals surface area contributed by atoms with Crippen molar-refractivity contribution in [1.29, 1.82) is 0 Å². The van der Waals surface area contributed by atoms with Gasteiger partial charge in [-0.15, -0.1) is 0 Å². The number of hydrogen-bond donors (Lipinski definition) is 1. The molecular formula is C16H19ClN2O. The minimum atomic E-state index is 0.233. The molecule has 106 valence electrons. The number of nitrogens with zero attached hydrogens (tertiary/aromatic N) is 1. The van der Waals surface area contributed by atoms with E-state index in [1.165, 1.54) is 12.8 Å². The fourth-order valence-electron chi connectivity index (χ4n) is 3.32. The van der Waals surface area contributed by atoms with E-state index in [0.717, 1.165) is 23.2 Å². The van der Waals surface area contributed by atoms with E-state index in [0.29, 0.717) is 16.8 Å². The number of halogens is 1. The minimum absolute atomic E-state index is 0.233. The summed E-state index contributed by atoms with van der Waals surface area (Å²) in [5.74, 6) is 0.766. The number of nitrogens with two attached hydrogens (primary N) is 1. The molecule has 1 aromatic heterocycles. The van der Waals surface area contributed by atoms with Gasteiger partial charge in [0.25, 0.3) is 0 Å². The third kappa shape index (κ3) is 2.20. The second-order valence-electron chi connectivity index (χ2n) is 6.25. The number of nitrogen functional groups attached to an aromatic ring is 1. The standard InChI is InChI=1S/C16H19ClN2O/c1-16(2)8-4-7-12(16)14-13(15(18)20-19-14)10-5-3-6-11(17)9-10/h3,5-6,9,12H,4,7-8,18H2,1-2H3. The first-order valence-electron chi connectivity index (χ1n) is 7.00. The van der Waals surface area contributed by atoms with E-state index in [2.05, 4.69) is 19.0 Å². The van der Waals surface area contributed by atoms with Crippen molar-refractivity contribution >= 4 is 17.5 Å². The zero-order chi connectivity index (χ0) is 14.3. The van der Waals surface area contributed by atoms with Crippen LogP contribution >= 0.6 is 11.6 Å². The Morgan fingerprint density at radius 3 is 2.85 bits per heavy atom. The van der Waals surface area contributed by atoms with E-state index in [1.807, 2.05) is 24.3 Å². The topological polar surface area (TPSA) is 52.0 Å². The van der Waals surface area contributed by atoms with Crippen LogP contribution in [0.4, 0.5) is 5.88 Å². The highest BCUT2D eigenvalue weighted by molar-refractivity contribution is 6.30. The van der Waals surface area contributed by atoms with E-state index in [9.17, 15) is 0 Å². The average molecular weight is 291 g/mol. The summed E-state index contributed by atoms with van der Waals surface area (Å²) in [5.41, 5.74) is 9.11. The van der Waals surface area contributed by atoms with Crippen molar-refractivity contribution in [3.8, 4) is 11.1 Å². The Labute approximate surface area is 124 Å². The quantitative estimate of drug-likeness (QED) is 0.858. The molecule has 1 aromatic carbocycles. The molecule has 0 amide bonds. The molecule has 1 aliphatic carbocycles. The Hall–Kier alpha value is -1.48. The van der Waals surface area contributed by atoms with Crippen molar-refractivity contribution < 1.29 is 4.52 Å². The molecule has 4 heteroatoms. The fraction of sp³-hybridized carbons (Fsp3) is 0.438. The minimum Gasteiger partial charge on any atom is -0.367 e. The maximum Gasteiger partial charge on any atom is 0.230 e. The van der Waals surface area contributed by atoms with Gasteiger partial charge in [0.05, 0.1) is 11.3 Å². The summed E-state index contributed by atoms with van der Waals surface area (Å²) in [6.45, 7) is 4.58. The van der Waals surface area contributed by atoms with E-state index < -0.39 is 0 Å². The van der Waals surface area contributed by atoms with Gasteiger partial charge in [-0.05, 0) is 36.0 Å². The highest BCUT2D eigenvalue weighted by atomic mass is 35.5. The molecule has 1 unspecified atom stereocenters. The molecule has 1 saturated carbocycles. The summed E-state index contributed by atoms with van der Waals surface area (Å²) in [5, 5.41) is 4.95. The molecule has 2 N–H and O–H groups in total. The van der Waals surface area contributed by atoms with E-state index in [-0.39, 0.29) is 5.41 Å². The van der Waals surface area contributed by atoms with Crippen LogP contribution in [-0.4, -0.2) is 5.16 Å². The average Bonchev–Trinajstić information content (AvgIpc) is 2.91. The number of aromatic nitrogens is 1. The van der Waals surface area contributed by atoms with Crippen LogP contribution in [0.2, 0.25) is 5.02 Å². The molecule has 0 saturated heterocycles. The van der Waals surface area contributed by atoms with Gasteiger partial charge in [0.1, 0.15) is 0 Å². The summed E-state index contributed by atoms with van der Waals surface area (Å²) in [4.78, 5) is 0. The van der Waals surface area contributed by atoms with Gasteiger partial charge in [-0.2, -0.15) is 0 Å². The maximum atomic E-state index is 6.09. The molecule has 20 heavy (non-hydrogen) atoms. The van der Waals surface area contributed by atoms with Crippen LogP contribution < -0.4 is 5.73 Å². The highest BCUT2D eigenvalue weighted by Crippen LogP contribution is 2.51. The van der Waals surface area contributed by atoms with Crippen LogP contribution in [-0.2, 0) is 0 Å². The maximum absolute atomic E-state index is 6.09. The first kappa shape index (κ1) is 13.5. The van der Waals surface area contributed by atoms with Crippen LogP contribution in [0.1, 0.15) is 44.7 Å². The van der Waals surface area contributed by atoms with Gasteiger partial charge in [0, 0.05) is 10.9 Å². The number of hydrogen-bond acceptors (Lipinski definition) is 3. The van der Waals surface area contributed by atoms with Crippen molar-refractivity contribution in [3.63, 3.8) is 0 Å². The van der Waals surface area contributed by atoms with Gasteiger partial charge in [0.15, 0.2) is 0 Å². The Bertz CT molecular complexity index is 633. The molecule has 1 heterocycles.